The molecule has 21 heavy (non-hydrogen) atoms. The van der Waals surface area contributed by atoms with Crippen molar-refractivity contribution in [2.45, 2.75) is 6.42 Å². The van der Waals surface area contributed by atoms with E-state index in [0.717, 1.165) is 17.9 Å². The second-order valence-electron chi connectivity index (χ2n) is 4.86. The molecule has 0 bridgehead atoms. The van der Waals surface area contributed by atoms with Gasteiger partial charge in [0.05, 0.1) is 17.9 Å². The maximum absolute atomic E-state index is 12.8. The summed E-state index contributed by atoms with van der Waals surface area (Å²) >= 11 is 5.89. The molecule has 1 amide bonds. The van der Waals surface area contributed by atoms with Gasteiger partial charge in [-0.1, -0.05) is 23.7 Å². The van der Waals surface area contributed by atoms with Crippen LogP contribution in [0.1, 0.15) is 16.8 Å². The van der Waals surface area contributed by atoms with E-state index < -0.39 is 0 Å². The lowest BCUT2D eigenvalue weighted by Gasteiger charge is -2.22. The normalized spacial score (nSPS) is 14.0. The third-order valence-electron chi connectivity index (χ3n) is 3.43. The van der Waals surface area contributed by atoms with E-state index in [1.165, 1.54) is 0 Å². The molecule has 1 heterocycles. The molecule has 1 aliphatic heterocycles. The standard InChI is InChI=1S/C16H15ClN2O2/c17-11-6-7-12(13(18)10-11)16(20)19-8-3-9-21-15-5-2-1-4-14(15)19/h1-2,4-7,10H,3,8-9,18H2. The number of rotatable bonds is 1. The van der Waals surface area contributed by atoms with Crippen LogP contribution in [0, 0.1) is 0 Å². The van der Waals surface area contributed by atoms with Crippen molar-refractivity contribution in [3.05, 3.63) is 53.1 Å². The Morgan fingerprint density at radius 2 is 2.05 bits per heavy atom. The van der Waals surface area contributed by atoms with Crippen molar-refractivity contribution in [2.75, 3.05) is 23.8 Å². The number of fused-ring (bicyclic) bond motifs is 1. The number of anilines is 2. The zero-order chi connectivity index (χ0) is 14.8. The molecule has 2 aromatic carbocycles. The van der Waals surface area contributed by atoms with Gasteiger partial charge in [-0.25, -0.2) is 0 Å². The number of hydrogen-bond donors (Lipinski definition) is 1. The van der Waals surface area contributed by atoms with Gasteiger partial charge >= 0.3 is 0 Å². The van der Waals surface area contributed by atoms with E-state index in [2.05, 4.69) is 0 Å². The van der Waals surface area contributed by atoms with Crippen molar-refractivity contribution >= 4 is 28.9 Å². The maximum Gasteiger partial charge on any atom is 0.260 e. The first-order valence-corrected chi connectivity index (χ1v) is 7.13. The minimum atomic E-state index is -0.137. The highest BCUT2D eigenvalue weighted by Crippen LogP contribution is 2.32. The van der Waals surface area contributed by atoms with E-state index in [-0.39, 0.29) is 5.91 Å². The van der Waals surface area contributed by atoms with Gasteiger partial charge in [-0.2, -0.15) is 0 Å². The maximum atomic E-state index is 12.8. The molecule has 2 aromatic rings. The van der Waals surface area contributed by atoms with Crippen LogP contribution in [0.5, 0.6) is 5.75 Å². The van der Waals surface area contributed by atoms with Crippen LogP contribution in [-0.2, 0) is 0 Å². The van der Waals surface area contributed by atoms with Crippen molar-refractivity contribution in [2.24, 2.45) is 0 Å². The first-order chi connectivity index (χ1) is 10.2. The molecule has 2 N–H and O–H groups in total. The van der Waals surface area contributed by atoms with Gasteiger partial charge in [0.25, 0.3) is 5.91 Å². The molecule has 0 saturated heterocycles. The summed E-state index contributed by atoms with van der Waals surface area (Å²) in [4.78, 5) is 14.5. The van der Waals surface area contributed by atoms with E-state index in [9.17, 15) is 4.79 Å². The molecular weight excluding hydrogens is 288 g/mol. The fourth-order valence-electron chi connectivity index (χ4n) is 2.41. The van der Waals surface area contributed by atoms with Crippen molar-refractivity contribution in [3.63, 3.8) is 0 Å². The Morgan fingerprint density at radius 3 is 2.86 bits per heavy atom. The predicted molar refractivity (Wildman–Crippen MR) is 84.1 cm³/mol. The lowest BCUT2D eigenvalue weighted by Crippen LogP contribution is -2.32. The third-order valence-corrected chi connectivity index (χ3v) is 3.66. The summed E-state index contributed by atoms with van der Waals surface area (Å²) in [5, 5.41) is 0.517. The Balaban J connectivity index is 2.01. The first-order valence-electron chi connectivity index (χ1n) is 6.75. The molecule has 0 unspecified atom stereocenters. The second-order valence-corrected chi connectivity index (χ2v) is 5.29. The van der Waals surface area contributed by atoms with Crippen LogP contribution < -0.4 is 15.4 Å². The van der Waals surface area contributed by atoms with Crippen LogP contribution in [0.4, 0.5) is 11.4 Å². The number of hydrogen-bond acceptors (Lipinski definition) is 3. The molecule has 3 rings (SSSR count). The van der Waals surface area contributed by atoms with Crippen molar-refractivity contribution in [1.82, 2.24) is 0 Å². The van der Waals surface area contributed by atoms with Crippen LogP contribution in [0.2, 0.25) is 5.02 Å². The molecule has 108 valence electrons. The van der Waals surface area contributed by atoms with Crippen LogP contribution in [-0.4, -0.2) is 19.1 Å². The highest BCUT2D eigenvalue weighted by molar-refractivity contribution is 6.31. The number of carbonyl (C=O) groups excluding carboxylic acids is 1. The average Bonchev–Trinajstić information content (AvgIpc) is 2.69. The summed E-state index contributed by atoms with van der Waals surface area (Å²) in [7, 11) is 0. The molecule has 0 spiro atoms. The highest BCUT2D eigenvalue weighted by Gasteiger charge is 2.24. The Labute approximate surface area is 128 Å². The number of nitrogen functional groups attached to an aromatic ring is 1. The molecular formula is C16H15ClN2O2. The van der Waals surface area contributed by atoms with Crippen molar-refractivity contribution in [3.8, 4) is 5.75 Å². The summed E-state index contributed by atoms with van der Waals surface area (Å²) in [5.41, 5.74) is 7.54. The second kappa shape index (κ2) is 5.66. The molecule has 0 aliphatic carbocycles. The Kier molecular flexibility index (Phi) is 3.71. The van der Waals surface area contributed by atoms with Crippen molar-refractivity contribution in [1.29, 1.82) is 0 Å². The Morgan fingerprint density at radius 1 is 1.24 bits per heavy atom. The van der Waals surface area contributed by atoms with Gasteiger partial charge in [-0.05, 0) is 36.8 Å². The summed E-state index contributed by atoms with van der Waals surface area (Å²) in [6.07, 6.45) is 0.772. The summed E-state index contributed by atoms with van der Waals surface area (Å²) in [6, 6.07) is 12.5. The van der Waals surface area contributed by atoms with Gasteiger partial charge < -0.3 is 15.4 Å². The van der Waals surface area contributed by atoms with Gasteiger partial charge in [0.1, 0.15) is 5.75 Å². The van der Waals surface area contributed by atoms with E-state index in [1.54, 1.807) is 23.1 Å². The number of para-hydroxylation sites is 2. The van der Waals surface area contributed by atoms with Crippen LogP contribution in [0.15, 0.2) is 42.5 Å². The minimum Gasteiger partial charge on any atom is -0.491 e. The summed E-state index contributed by atoms with van der Waals surface area (Å²) in [5.74, 6) is 0.581. The number of benzene rings is 2. The van der Waals surface area contributed by atoms with E-state index >= 15 is 0 Å². The number of halogens is 1. The average molecular weight is 303 g/mol. The highest BCUT2D eigenvalue weighted by atomic mass is 35.5. The molecule has 0 radical (unpaired) electrons. The van der Waals surface area contributed by atoms with Gasteiger partial charge in [-0.3, -0.25) is 4.79 Å². The predicted octanol–water partition coefficient (Wildman–Crippen LogP) is 3.35. The monoisotopic (exact) mass is 302 g/mol. The zero-order valence-electron chi connectivity index (χ0n) is 11.4. The number of carbonyl (C=O) groups is 1. The van der Waals surface area contributed by atoms with E-state index in [4.69, 9.17) is 22.1 Å². The third kappa shape index (κ3) is 2.67. The fraction of sp³-hybridized carbons (Fsp3) is 0.188. The molecule has 4 nitrogen and oxygen atoms in total. The lowest BCUT2D eigenvalue weighted by atomic mass is 10.1. The Bertz CT molecular complexity index is 688. The number of nitrogens with zero attached hydrogens (tertiary/aromatic N) is 1. The van der Waals surface area contributed by atoms with Gasteiger partial charge in [0.15, 0.2) is 0 Å². The molecule has 0 saturated carbocycles. The van der Waals surface area contributed by atoms with E-state index in [0.29, 0.717) is 29.4 Å². The summed E-state index contributed by atoms with van der Waals surface area (Å²) < 4.78 is 5.67. The van der Waals surface area contributed by atoms with Gasteiger partial charge in [0, 0.05) is 17.3 Å². The summed E-state index contributed by atoms with van der Waals surface area (Å²) in [6.45, 7) is 1.19. The number of nitrogens with two attached hydrogens (primary N) is 1. The topological polar surface area (TPSA) is 55.6 Å². The van der Waals surface area contributed by atoms with Crippen LogP contribution in [0.3, 0.4) is 0 Å². The fourth-order valence-corrected chi connectivity index (χ4v) is 2.59. The molecule has 0 atom stereocenters. The van der Waals surface area contributed by atoms with Gasteiger partial charge in [-0.15, -0.1) is 0 Å². The number of ether oxygens (including phenoxy) is 1. The largest absolute Gasteiger partial charge is 0.491 e. The molecule has 5 heteroatoms. The van der Waals surface area contributed by atoms with Gasteiger partial charge in [0.2, 0.25) is 0 Å². The van der Waals surface area contributed by atoms with Crippen molar-refractivity contribution < 1.29 is 9.53 Å². The molecule has 0 fully saturated rings. The minimum absolute atomic E-state index is 0.137. The lowest BCUT2D eigenvalue weighted by molar-refractivity contribution is 0.0988. The molecule has 0 aromatic heterocycles. The first kappa shape index (κ1) is 13.8. The zero-order valence-corrected chi connectivity index (χ0v) is 12.1. The SMILES string of the molecule is Nc1cc(Cl)ccc1C(=O)N1CCCOc2ccccc21. The Hall–Kier alpha value is -2.20. The quantitative estimate of drug-likeness (QED) is 0.822. The van der Waals surface area contributed by atoms with E-state index in [1.807, 2.05) is 24.3 Å². The van der Waals surface area contributed by atoms with Crippen LogP contribution >= 0.6 is 11.6 Å². The number of amides is 1. The molecule has 1 aliphatic rings. The van der Waals surface area contributed by atoms with Crippen LogP contribution in [0.25, 0.3) is 0 Å². The smallest absolute Gasteiger partial charge is 0.260 e.